The smallest absolute Gasteiger partial charge is 0.237 e. The maximum Gasteiger partial charge on any atom is 0.237 e. The van der Waals surface area contributed by atoms with Gasteiger partial charge in [0.25, 0.3) is 0 Å². The van der Waals surface area contributed by atoms with Crippen LogP contribution in [0.25, 0.3) is 11.4 Å². The molecule has 1 amide bonds. The summed E-state index contributed by atoms with van der Waals surface area (Å²) in [5, 5.41) is 12.0. The summed E-state index contributed by atoms with van der Waals surface area (Å²) in [5.41, 5.74) is 1.36. The van der Waals surface area contributed by atoms with E-state index in [1.807, 2.05) is 4.57 Å². The number of nitrogens with one attached hydrogen (secondary N) is 1. The summed E-state index contributed by atoms with van der Waals surface area (Å²) in [4.78, 5) is 12.5. The first kappa shape index (κ1) is 20.1. The Labute approximate surface area is 171 Å². The summed E-state index contributed by atoms with van der Waals surface area (Å²) in [6.07, 6.45) is 1.72. The van der Waals surface area contributed by atoms with Crippen molar-refractivity contribution in [1.82, 2.24) is 14.8 Å². The van der Waals surface area contributed by atoms with Crippen LogP contribution in [-0.4, -0.2) is 25.9 Å². The number of benzene rings is 2. The minimum atomic E-state index is -0.423. The van der Waals surface area contributed by atoms with Gasteiger partial charge in [0.1, 0.15) is 5.82 Å². The van der Waals surface area contributed by atoms with Crippen molar-refractivity contribution in [2.24, 2.45) is 0 Å². The third kappa shape index (κ3) is 4.79. The second kappa shape index (κ2) is 9.03. The van der Waals surface area contributed by atoms with Gasteiger partial charge in [-0.2, -0.15) is 0 Å². The predicted molar refractivity (Wildman–Crippen MR) is 111 cm³/mol. The zero-order valence-corrected chi connectivity index (χ0v) is 16.7. The van der Waals surface area contributed by atoms with E-state index in [1.54, 1.807) is 49.4 Å². The van der Waals surface area contributed by atoms with Gasteiger partial charge in [0.15, 0.2) is 11.0 Å². The Hall–Kier alpha value is -2.64. The van der Waals surface area contributed by atoms with E-state index in [1.165, 1.54) is 23.9 Å². The van der Waals surface area contributed by atoms with Crippen molar-refractivity contribution in [1.29, 1.82) is 0 Å². The Morgan fingerprint density at radius 1 is 1.32 bits per heavy atom. The highest BCUT2D eigenvalue weighted by Gasteiger charge is 2.20. The molecule has 0 aliphatic heterocycles. The van der Waals surface area contributed by atoms with Crippen molar-refractivity contribution in [2.45, 2.75) is 23.9 Å². The first-order chi connectivity index (χ1) is 13.5. The van der Waals surface area contributed by atoms with Gasteiger partial charge in [-0.3, -0.25) is 9.36 Å². The van der Waals surface area contributed by atoms with Crippen LogP contribution >= 0.6 is 23.4 Å². The quantitative estimate of drug-likeness (QED) is 0.433. The van der Waals surface area contributed by atoms with Crippen molar-refractivity contribution < 1.29 is 9.18 Å². The number of nitrogens with zero attached hydrogens (tertiary/aromatic N) is 3. The van der Waals surface area contributed by atoms with Crippen LogP contribution in [0.4, 0.5) is 10.1 Å². The van der Waals surface area contributed by atoms with E-state index >= 15 is 0 Å². The SMILES string of the molecule is C=CCn1c(S[C@@H](C)C(=O)Nc2cccc(Cl)c2)nnc1-c1ccc(F)cc1. The highest BCUT2D eigenvalue weighted by molar-refractivity contribution is 8.00. The normalized spacial score (nSPS) is 11.8. The summed E-state index contributed by atoms with van der Waals surface area (Å²) in [6.45, 7) is 6.02. The lowest BCUT2D eigenvalue weighted by Crippen LogP contribution is -2.23. The lowest BCUT2D eigenvalue weighted by molar-refractivity contribution is -0.115. The van der Waals surface area contributed by atoms with Gasteiger partial charge in [0.2, 0.25) is 5.91 Å². The molecule has 1 heterocycles. The fourth-order valence-electron chi connectivity index (χ4n) is 2.50. The van der Waals surface area contributed by atoms with E-state index in [9.17, 15) is 9.18 Å². The molecule has 0 radical (unpaired) electrons. The van der Waals surface area contributed by atoms with E-state index in [2.05, 4.69) is 22.1 Å². The van der Waals surface area contributed by atoms with Crippen molar-refractivity contribution in [3.63, 3.8) is 0 Å². The third-order valence-corrected chi connectivity index (χ3v) is 5.19. The molecule has 8 heteroatoms. The minimum absolute atomic E-state index is 0.177. The molecule has 3 rings (SSSR count). The number of rotatable bonds is 7. The van der Waals surface area contributed by atoms with Crippen LogP contribution in [-0.2, 0) is 11.3 Å². The molecule has 0 fully saturated rings. The molecule has 0 saturated heterocycles. The molecule has 0 unspecified atom stereocenters. The maximum atomic E-state index is 13.2. The van der Waals surface area contributed by atoms with Crippen molar-refractivity contribution in [3.05, 3.63) is 72.0 Å². The molecule has 0 saturated carbocycles. The number of allylic oxidation sites excluding steroid dienone is 1. The summed E-state index contributed by atoms with van der Waals surface area (Å²) < 4.78 is 15.0. The van der Waals surface area contributed by atoms with E-state index < -0.39 is 5.25 Å². The first-order valence-electron chi connectivity index (χ1n) is 8.51. The number of carbonyl (C=O) groups is 1. The number of halogens is 2. The molecule has 5 nitrogen and oxygen atoms in total. The van der Waals surface area contributed by atoms with E-state index in [0.29, 0.717) is 28.2 Å². The molecule has 2 aromatic carbocycles. The molecule has 0 aliphatic carbocycles. The minimum Gasteiger partial charge on any atom is -0.325 e. The number of anilines is 1. The van der Waals surface area contributed by atoms with Crippen LogP contribution in [0.5, 0.6) is 0 Å². The van der Waals surface area contributed by atoms with Crippen molar-refractivity contribution in [3.8, 4) is 11.4 Å². The first-order valence-corrected chi connectivity index (χ1v) is 9.77. The van der Waals surface area contributed by atoms with Gasteiger partial charge in [-0.25, -0.2) is 4.39 Å². The second-order valence-electron chi connectivity index (χ2n) is 5.97. The van der Waals surface area contributed by atoms with Gasteiger partial charge in [-0.1, -0.05) is 35.5 Å². The van der Waals surface area contributed by atoms with Crippen molar-refractivity contribution in [2.75, 3.05) is 5.32 Å². The number of carbonyl (C=O) groups excluding carboxylic acids is 1. The van der Waals surface area contributed by atoms with Gasteiger partial charge in [-0.05, 0) is 49.4 Å². The number of hydrogen-bond donors (Lipinski definition) is 1. The molecule has 0 bridgehead atoms. The molecule has 28 heavy (non-hydrogen) atoms. The second-order valence-corrected chi connectivity index (χ2v) is 7.72. The number of amides is 1. The number of aromatic nitrogens is 3. The monoisotopic (exact) mass is 416 g/mol. The molecule has 1 aromatic heterocycles. The average molecular weight is 417 g/mol. The molecule has 0 aliphatic rings. The Kier molecular flexibility index (Phi) is 6.49. The molecule has 144 valence electrons. The topological polar surface area (TPSA) is 59.8 Å². The zero-order valence-electron chi connectivity index (χ0n) is 15.1. The third-order valence-electron chi connectivity index (χ3n) is 3.87. The fourth-order valence-corrected chi connectivity index (χ4v) is 3.55. The van der Waals surface area contributed by atoms with Gasteiger partial charge in [-0.15, -0.1) is 16.8 Å². The highest BCUT2D eigenvalue weighted by Crippen LogP contribution is 2.28. The summed E-state index contributed by atoms with van der Waals surface area (Å²) >= 11 is 7.24. The Balaban J connectivity index is 1.78. The van der Waals surface area contributed by atoms with Crippen LogP contribution in [0, 0.1) is 5.82 Å². The van der Waals surface area contributed by atoms with Gasteiger partial charge in [0.05, 0.1) is 5.25 Å². The number of thioether (sulfide) groups is 1. The Morgan fingerprint density at radius 2 is 2.07 bits per heavy atom. The molecule has 3 aromatic rings. The van der Waals surface area contributed by atoms with Crippen LogP contribution in [0.3, 0.4) is 0 Å². The molecule has 1 N–H and O–H groups in total. The maximum absolute atomic E-state index is 13.2. The van der Waals surface area contributed by atoms with E-state index in [-0.39, 0.29) is 11.7 Å². The Morgan fingerprint density at radius 3 is 2.75 bits per heavy atom. The fraction of sp³-hybridized carbons (Fsp3) is 0.150. The van der Waals surface area contributed by atoms with E-state index in [4.69, 9.17) is 11.6 Å². The van der Waals surface area contributed by atoms with Crippen LogP contribution in [0.1, 0.15) is 6.92 Å². The predicted octanol–water partition coefficient (Wildman–Crippen LogP) is 5.04. The van der Waals surface area contributed by atoms with Crippen molar-refractivity contribution >= 4 is 35.0 Å². The summed E-state index contributed by atoms with van der Waals surface area (Å²) in [7, 11) is 0. The highest BCUT2D eigenvalue weighted by atomic mass is 35.5. The lowest BCUT2D eigenvalue weighted by atomic mass is 10.2. The van der Waals surface area contributed by atoms with Crippen LogP contribution < -0.4 is 5.32 Å². The van der Waals surface area contributed by atoms with Crippen LogP contribution in [0.2, 0.25) is 5.02 Å². The van der Waals surface area contributed by atoms with Gasteiger partial charge < -0.3 is 5.32 Å². The van der Waals surface area contributed by atoms with Gasteiger partial charge in [0, 0.05) is 22.8 Å². The summed E-state index contributed by atoms with van der Waals surface area (Å²) in [5.74, 6) is 0.0908. The van der Waals surface area contributed by atoms with E-state index in [0.717, 1.165) is 5.56 Å². The molecular formula is C20H18ClFN4OS. The molecule has 0 spiro atoms. The molecule has 1 atom stereocenters. The average Bonchev–Trinajstić information content (AvgIpc) is 3.05. The lowest BCUT2D eigenvalue weighted by Gasteiger charge is -2.13. The largest absolute Gasteiger partial charge is 0.325 e. The van der Waals surface area contributed by atoms with Crippen LogP contribution in [0.15, 0.2) is 66.3 Å². The summed E-state index contributed by atoms with van der Waals surface area (Å²) in [6, 6.07) is 13.0. The number of hydrogen-bond acceptors (Lipinski definition) is 4. The zero-order chi connectivity index (χ0) is 20.1. The standard InChI is InChI=1S/C20H18ClFN4OS/c1-3-11-26-18(14-7-9-16(22)10-8-14)24-25-20(26)28-13(2)19(27)23-17-6-4-5-15(21)12-17/h3-10,12-13H,1,11H2,2H3,(H,23,27)/t13-/m0/s1. The van der Waals surface area contributed by atoms with Gasteiger partial charge >= 0.3 is 0 Å². The molecular weight excluding hydrogens is 399 g/mol. The Bertz CT molecular complexity index is 990.